The SMILES string of the molecule is COC(=O)c1ccc2c(=O)n(C[C@H]3CCCO3)c(S[C@H](C)C(=O)Nc3ccc(OC)cc3)nc2c1. The fourth-order valence-electron chi connectivity index (χ4n) is 3.82. The van der Waals surface area contributed by atoms with Crippen molar-refractivity contribution in [1.29, 1.82) is 0 Å². The molecule has 1 N–H and O–H groups in total. The zero-order valence-corrected chi connectivity index (χ0v) is 20.6. The van der Waals surface area contributed by atoms with Gasteiger partial charge in [-0.3, -0.25) is 14.2 Å². The third-order valence-electron chi connectivity index (χ3n) is 5.76. The third kappa shape index (κ3) is 5.66. The summed E-state index contributed by atoms with van der Waals surface area (Å²) in [5.41, 5.74) is 1.05. The van der Waals surface area contributed by atoms with Gasteiger partial charge in [0.15, 0.2) is 5.16 Å². The molecule has 0 bridgehead atoms. The molecule has 1 fully saturated rings. The molecule has 2 atom stereocenters. The van der Waals surface area contributed by atoms with Crippen LogP contribution in [0.1, 0.15) is 30.1 Å². The summed E-state index contributed by atoms with van der Waals surface area (Å²) in [6.07, 6.45) is 1.69. The molecule has 0 unspecified atom stereocenters. The number of nitrogens with zero attached hydrogens (tertiary/aromatic N) is 2. The average Bonchev–Trinajstić information content (AvgIpc) is 3.39. The second-order valence-electron chi connectivity index (χ2n) is 8.15. The second-order valence-corrected chi connectivity index (χ2v) is 9.45. The first-order valence-electron chi connectivity index (χ1n) is 11.3. The normalized spacial score (nSPS) is 16.1. The number of carbonyl (C=O) groups is 2. The molecule has 0 saturated carbocycles. The number of anilines is 1. The molecule has 1 aliphatic heterocycles. The monoisotopic (exact) mass is 497 g/mol. The zero-order chi connectivity index (χ0) is 24.9. The minimum atomic E-state index is -0.555. The van der Waals surface area contributed by atoms with Crippen LogP contribution < -0.4 is 15.6 Å². The third-order valence-corrected chi connectivity index (χ3v) is 6.85. The lowest BCUT2D eigenvalue weighted by Gasteiger charge is -2.19. The Morgan fingerprint density at radius 1 is 1.23 bits per heavy atom. The average molecular weight is 498 g/mol. The van der Waals surface area contributed by atoms with E-state index in [2.05, 4.69) is 10.3 Å². The maximum Gasteiger partial charge on any atom is 0.337 e. The minimum absolute atomic E-state index is 0.0934. The van der Waals surface area contributed by atoms with E-state index >= 15 is 0 Å². The molecule has 184 valence electrons. The van der Waals surface area contributed by atoms with Crippen LogP contribution in [0, 0.1) is 0 Å². The standard InChI is InChI=1S/C25H27N3O6S/c1-15(22(29)26-17-7-9-18(32-2)10-8-17)35-25-27-21-13-16(24(31)33-3)6-11-20(21)23(30)28(25)14-19-5-4-12-34-19/h6-11,13,15,19H,4-5,12,14H2,1-3H3,(H,26,29)/t15-,19-/m1/s1. The van der Waals surface area contributed by atoms with Gasteiger partial charge in [-0.25, -0.2) is 9.78 Å². The molecule has 2 heterocycles. The van der Waals surface area contributed by atoms with Crippen LogP contribution in [0.25, 0.3) is 10.9 Å². The number of benzene rings is 2. The van der Waals surface area contributed by atoms with Gasteiger partial charge in [-0.15, -0.1) is 0 Å². The molecule has 3 aromatic rings. The quantitative estimate of drug-likeness (QED) is 0.286. The first kappa shape index (κ1) is 24.7. The number of ether oxygens (including phenoxy) is 3. The summed E-state index contributed by atoms with van der Waals surface area (Å²) in [6.45, 7) is 2.75. The first-order valence-corrected chi connectivity index (χ1v) is 12.1. The van der Waals surface area contributed by atoms with Gasteiger partial charge in [0.05, 0.1) is 48.6 Å². The first-order chi connectivity index (χ1) is 16.9. The molecule has 2 aromatic carbocycles. The van der Waals surface area contributed by atoms with Crippen LogP contribution in [0.5, 0.6) is 5.75 Å². The van der Waals surface area contributed by atoms with Crippen molar-refractivity contribution >= 4 is 40.2 Å². The molecule has 0 radical (unpaired) electrons. The minimum Gasteiger partial charge on any atom is -0.497 e. The molecule has 9 nitrogen and oxygen atoms in total. The molecule has 4 rings (SSSR count). The number of fused-ring (bicyclic) bond motifs is 1. The van der Waals surface area contributed by atoms with Gasteiger partial charge in [0.25, 0.3) is 5.56 Å². The largest absolute Gasteiger partial charge is 0.497 e. The Balaban J connectivity index is 1.64. The lowest BCUT2D eigenvalue weighted by Crippen LogP contribution is -2.30. The highest BCUT2D eigenvalue weighted by atomic mass is 32.2. The van der Waals surface area contributed by atoms with E-state index in [4.69, 9.17) is 14.2 Å². The van der Waals surface area contributed by atoms with Crippen LogP contribution in [0.3, 0.4) is 0 Å². The van der Waals surface area contributed by atoms with Crippen LogP contribution in [0.2, 0.25) is 0 Å². The lowest BCUT2D eigenvalue weighted by atomic mass is 10.1. The van der Waals surface area contributed by atoms with Crippen LogP contribution in [0.15, 0.2) is 52.4 Å². The number of hydrogen-bond donors (Lipinski definition) is 1. The van der Waals surface area contributed by atoms with E-state index < -0.39 is 11.2 Å². The second kappa shape index (κ2) is 10.9. The van der Waals surface area contributed by atoms with Gasteiger partial charge in [0.1, 0.15) is 5.75 Å². The smallest absolute Gasteiger partial charge is 0.337 e. The van der Waals surface area contributed by atoms with Gasteiger partial charge in [-0.1, -0.05) is 11.8 Å². The van der Waals surface area contributed by atoms with Crippen molar-refractivity contribution in [1.82, 2.24) is 9.55 Å². The summed E-state index contributed by atoms with van der Waals surface area (Å²) in [6, 6.07) is 11.7. The molecule has 10 heteroatoms. The summed E-state index contributed by atoms with van der Waals surface area (Å²) in [4.78, 5) is 43.0. The van der Waals surface area contributed by atoms with E-state index in [1.165, 1.54) is 24.9 Å². The van der Waals surface area contributed by atoms with Crippen LogP contribution in [-0.4, -0.2) is 53.6 Å². The van der Waals surface area contributed by atoms with Crippen molar-refractivity contribution in [2.75, 3.05) is 26.1 Å². The van der Waals surface area contributed by atoms with Gasteiger partial charge < -0.3 is 19.5 Å². The van der Waals surface area contributed by atoms with E-state index in [9.17, 15) is 14.4 Å². The number of aromatic nitrogens is 2. The Morgan fingerprint density at radius 3 is 2.66 bits per heavy atom. The fourth-order valence-corrected chi connectivity index (χ4v) is 4.74. The van der Waals surface area contributed by atoms with E-state index in [-0.39, 0.29) is 17.6 Å². The van der Waals surface area contributed by atoms with Gasteiger partial charge in [0.2, 0.25) is 5.91 Å². The van der Waals surface area contributed by atoms with Crippen molar-refractivity contribution < 1.29 is 23.8 Å². The molecular formula is C25H27N3O6S. The predicted molar refractivity (Wildman–Crippen MR) is 133 cm³/mol. The van der Waals surface area contributed by atoms with Crippen molar-refractivity contribution in [2.24, 2.45) is 0 Å². The fraction of sp³-hybridized carbons (Fsp3) is 0.360. The van der Waals surface area contributed by atoms with Crippen molar-refractivity contribution in [2.45, 2.75) is 42.8 Å². The van der Waals surface area contributed by atoms with E-state index in [0.717, 1.165) is 12.8 Å². The Labute approximate surface area is 206 Å². The van der Waals surface area contributed by atoms with Crippen molar-refractivity contribution in [3.8, 4) is 5.75 Å². The van der Waals surface area contributed by atoms with Gasteiger partial charge in [0, 0.05) is 12.3 Å². The number of nitrogens with one attached hydrogen (secondary N) is 1. The molecule has 0 spiro atoms. The number of amides is 1. The van der Waals surface area contributed by atoms with Crippen molar-refractivity contribution in [3.63, 3.8) is 0 Å². The molecular weight excluding hydrogens is 470 g/mol. The Morgan fingerprint density at radius 2 is 2.00 bits per heavy atom. The highest BCUT2D eigenvalue weighted by Crippen LogP contribution is 2.26. The van der Waals surface area contributed by atoms with E-state index in [1.807, 2.05) is 0 Å². The number of carbonyl (C=O) groups excluding carboxylic acids is 2. The van der Waals surface area contributed by atoms with Gasteiger partial charge in [-0.05, 0) is 62.2 Å². The molecule has 0 aliphatic carbocycles. The zero-order valence-electron chi connectivity index (χ0n) is 19.8. The lowest BCUT2D eigenvalue weighted by molar-refractivity contribution is -0.115. The number of esters is 1. The number of thioether (sulfide) groups is 1. The van der Waals surface area contributed by atoms with E-state index in [1.54, 1.807) is 55.0 Å². The summed E-state index contributed by atoms with van der Waals surface area (Å²) < 4.78 is 17.3. The summed E-state index contributed by atoms with van der Waals surface area (Å²) in [7, 11) is 2.87. The van der Waals surface area contributed by atoms with Crippen LogP contribution >= 0.6 is 11.8 Å². The summed E-state index contributed by atoms with van der Waals surface area (Å²) >= 11 is 1.18. The topological polar surface area (TPSA) is 109 Å². The Hall–Kier alpha value is -3.37. The molecule has 1 aromatic heterocycles. The highest BCUT2D eigenvalue weighted by molar-refractivity contribution is 8.00. The highest BCUT2D eigenvalue weighted by Gasteiger charge is 2.24. The van der Waals surface area contributed by atoms with Gasteiger partial charge in [-0.2, -0.15) is 0 Å². The predicted octanol–water partition coefficient (Wildman–Crippen LogP) is 3.49. The maximum atomic E-state index is 13.4. The number of rotatable bonds is 8. The van der Waals surface area contributed by atoms with Gasteiger partial charge >= 0.3 is 5.97 Å². The molecule has 1 saturated heterocycles. The summed E-state index contributed by atoms with van der Waals surface area (Å²) in [5, 5.41) is 3.09. The number of hydrogen-bond acceptors (Lipinski definition) is 8. The Bertz CT molecular complexity index is 1280. The molecule has 1 amide bonds. The van der Waals surface area contributed by atoms with Crippen molar-refractivity contribution in [3.05, 3.63) is 58.4 Å². The van der Waals surface area contributed by atoms with Crippen LogP contribution in [0.4, 0.5) is 5.69 Å². The summed E-state index contributed by atoms with van der Waals surface area (Å²) in [5.74, 6) is -0.0598. The maximum absolute atomic E-state index is 13.4. The number of methoxy groups -OCH3 is 2. The molecule has 35 heavy (non-hydrogen) atoms. The van der Waals surface area contributed by atoms with E-state index in [0.29, 0.717) is 46.2 Å². The molecule has 1 aliphatic rings. The Kier molecular flexibility index (Phi) is 7.72. The van der Waals surface area contributed by atoms with Crippen LogP contribution in [-0.2, 0) is 20.8 Å².